The maximum Gasteiger partial charge on any atom is 0.197 e. The molecular formula is C33H21ClO4. The number of allylic oxidation sites excluding steroid dienone is 7. The first-order valence-corrected chi connectivity index (χ1v) is 12.6. The Hall–Kier alpha value is -4.54. The van der Waals surface area contributed by atoms with E-state index >= 15 is 0 Å². The minimum atomic E-state index is -0.291. The summed E-state index contributed by atoms with van der Waals surface area (Å²) in [6, 6.07) is 22.3. The van der Waals surface area contributed by atoms with E-state index in [2.05, 4.69) is 0 Å². The fourth-order valence-electron chi connectivity index (χ4n) is 5.15. The third kappa shape index (κ3) is 4.00. The molecule has 0 saturated heterocycles. The minimum absolute atomic E-state index is 0.0513. The predicted octanol–water partition coefficient (Wildman–Crippen LogP) is 7.92. The van der Waals surface area contributed by atoms with Crippen LogP contribution in [0.3, 0.4) is 0 Å². The van der Waals surface area contributed by atoms with Crippen molar-refractivity contribution in [3.05, 3.63) is 135 Å². The van der Waals surface area contributed by atoms with Crippen molar-refractivity contribution in [2.24, 2.45) is 0 Å². The van der Waals surface area contributed by atoms with Gasteiger partial charge in [-0.1, -0.05) is 66.2 Å². The molecule has 2 aliphatic rings. The number of carbonyl (C=O) groups excluding carboxylic acids is 3. The van der Waals surface area contributed by atoms with Crippen LogP contribution in [0.5, 0.6) is 0 Å². The summed E-state index contributed by atoms with van der Waals surface area (Å²) in [7, 11) is 0. The lowest BCUT2D eigenvalue weighted by molar-refractivity contribution is 0.103. The first-order valence-electron chi connectivity index (χ1n) is 12.3. The van der Waals surface area contributed by atoms with E-state index in [0.29, 0.717) is 46.4 Å². The van der Waals surface area contributed by atoms with Crippen LogP contribution in [-0.2, 0) is 0 Å². The van der Waals surface area contributed by atoms with E-state index in [1.807, 2.05) is 54.6 Å². The van der Waals surface area contributed by atoms with Gasteiger partial charge in [-0.15, -0.1) is 0 Å². The summed E-state index contributed by atoms with van der Waals surface area (Å²) < 4.78 is 0. The number of hydrogen-bond donors (Lipinski definition) is 1. The second kappa shape index (κ2) is 9.40. The Labute approximate surface area is 223 Å². The normalized spacial score (nSPS) is 16.4. The van der Waals surface area contributed by atoms with Crippen molar-refractivity contribution in [3.8, 4) is 0 Å². The molecule has 184 valence electrons. The maximum atomic E-state index is 13.1. The lowest BCUT2D eigenvalue weighted by Crippen LogP contribution is -2.00. The highest BCUT2D eigenvalue weighted by Crippen LogP contribution is 2.40. The smallest absolute Gasteiger partial charge is 0.197 e. The van der Waals surface area contributed by atoms with Crippen LogP contribution in [0, 0.1) is 0 Å². The molecule has 4 nitrogen and oxygen atoms in total. The summed E-state index contributed by atoms with van der Waals surface area (Å²) in [5, 5.41) is 15.0. The summed E-state index contributed by atoms with van der Waals surface area (Å²) >= 11 is 6.66. The van der Waals surface area contributed by atoms with E-state index < -0.39 is 0 Å². The average molecular weight is 517 g/mol. The molecule has 0 saturated carbocycles. The van der Waals surface area contributed by atoms with E-state index in [0.717, 1.165) is 32.7 Å². The zero-order valence-electron chi connectivity index (χ0n) is 20.2. The summed E-state index contributed by atoms with van der Waals surface area (Å²) in [6.45, 7) is 0. The maximum absolute atomic E-state index is 13.1. The molecule has 4 aromatic carbocycles. The molecule has 0 spiro atoms. The van der Waals surface area contributed by atoms with Crippen molar-refractivity contribution in [2.75, 3.05) is 0 Å². The number of aldehydes is 1. The number of rotatable bonds is 5. The van der Waals surface area contributed by atoms with Crippen molar-refractivity contribution in [2.45, 2.75) is 12.8 Å². The van der Waals surface area contributed by atoms with Gasteiger partial charge in [0.1, 0.15) is 5.76 Å². The molecule has 5 heteroatoms. The Kier molecular flexibility index (Phi) is 5.90. The van der Waals surface area contributed by atoms with E-state index in [1.165, 1.54) is 6.08 Å². The monoisotopic (exact) mass is 516 g/mol. The van der Waals surface area contributed by atoms with Gasteiger partial charge in [0.15, 0.2) is 17.9 Å². The van der Waals surface area contributed by atoms with Gasteiger partial charge in [-0.2, -0.15) is 0 Å². The number of hydrogen-bond acceptors (Lipinski definition) is 4. The van der Waals surface area contributed by atoms with Crippen LogP contribution in [0.1, 0.15) is 49.5 Å². The second-order valence-electron chi connectivity index (χ2n) is 9.45. The predicted molar refractivity (Wildman–Crippen MR) is 151 cm³/mol. The summed E-state index contributed by atoms with van der Waals surface area (Å²) in [6.07, 6.45) is 6.60. The SMILES string of the molecule is O=Cc1cc2ccccc2cc1C(=O)/C=C\C1=C(Cl)C(=C/C2=C(O)c3cc4ccccc4cc3C2=O)/CC1. The van der Waals surface area contributed by atoms with Gasteiger partial charge in [-0.3, -0.25) is 14.4 Å². The number of benzene rings is 4. The van der Waals surface area contributed by atoms with Gasteiger partial charge in [0.2, 0.25) is 0 Å². The number of ketones is 2. The first-order chi connectivity index (χ1) is 18.4. The number of Topliss-reactive ketones (excluding diaryl/α,β-unsaturated/α-hetero) is 1. The standard InChI is InChI=1S/C33H21ClO4/c34-31-19(11-12-30(36)26-14-21-6-2-1-5-20(21)13-25(26)18-35)9-10-24(31)17-29-32(37)27-15-22-7-3-4-8-23(22)16-28(27)33(29)38/h1-8,11-18,37H,9-10H2/b12-11-,24-17+. The molecule has 0 aliphatic heterocycles. The first kappa shape index (κ1) is 23.8. The van der Waals surface area contributed by atoms with Gasteiger partial charge in [-0.05, 0) is 82.0 Å². The molecule has 6 rings (SSSR count). The van der Waals surface area contributed by atoms with Crippen molar-refractivity contribution in [1.82, 2.24) is 0 Å². The van der Waals surface area contributed by atoms with Crippen molar-refractivity contribution in [1.29, 1.82) is 0 Å². The van der Waals surface area contributed by atoms with Gasteiger partial charge < -0.3 is 5.11 Å². The van der Waals surface area contributed by atoms with Gasteiger partial charge in [0.05, 0.1) is 5.57 Å². The van der Waals surface area contributed by atoms with Crippen LogP contribution in [0.2, 0.25) is 0 Å². The zero-order chi connectivity index (χ0) is 26.4. The molecule has 38 heavy (non-hydrogen) atoms. The molecule has 0 heterocycles. The molecule has 0 unspecified atom stereocenters. The fraction of sp³-hybridized carbons (Fsp3) is 0.0606. The molecule has 0 atom stereocenters. The van der Waals surface area contributed by atoms with Gasteiger partial charge >= 0.3 is 0 Å². The molecular weight excluding hydrogens is 496 g/mol. The summed E-state index contributed by atoms with van der Waals surface area (Å²) in [5.74, 6) is -0.581. The third-order valence-electron chi connectivity index (χ3n) is 7.18. The van der Waals surface area contributed by atoms with Crippen molar-refractivity contribution >= 4 is 56.8 Å². The summed E-state index contributed by atoms with van der Waals surface area (Å²) in [4.78, 5) is 37.8. The highest BCUT2D eigenvalue weighted by atomic mass is 35.5. The van der Waals surface area contributed by atoms with E-state index in [-0.39, 0.29) is 22.9 Å². The highest BCUT2D eigenvalue weighted by Gasteiger charge is 2.30. The highest BCUT2D eigenvalue weighted by molar-refractivity contribution is 6.33. The van der Waals surface area contributed by atoms with Crippen LogP contribution in [0.15, 0.2) is 113 Å². The number of aliphatic hydroxyl groups excluding tert-OH is 1. The number of fused-ring (bicyclic) bond motifs is 3. The van der Waals surface area contributed by atoms with E-state index in [4.69, 9.17) is 11.6 Å². The van der Waals surface area contributed by atoms with Gasteiger partial charge in [-0.25, -0.2) is 0 Å². The molecule has 2 aliphatic carbocycles. The Morgan fingerprint density at radius 3 is 2.11 bits per heavy atom. The molecule has 0 amide bonds. The Morgan fingerprint density at radius 1 is 0.842 bits per heavy atom. The van der Waals surface area contributed by atoms with Gasteiger partial charge in [0.25, 0.3) is 0 Å². The molecule has 0 fully saturated rings. The van der Waals surface area contributed by atoms with Gasteiger partial charge in [0, 0.05) is 27.3 Å². The number of halogens is 1. The molecule has 0 bridgehead atoms. The minimum Gasteiger partial charge on any atom is -0.507 e. The Morgan fingerprint density at radius 2 is 1.45 bits per heavy atom. The number of aliphatic hydroxyl groups is 1. The van der Waals surface area contributed by atoms with Crippen molar-refractivity contribution in [3.63, 3.8) is 0 Å². The topological polar surface area (TPSA) is 71.4 Å². The number of carbonyl (C=O) groups is 3. The molecule has 0 aromatic heterocycles. The van der Waals surface area contributed by atoms with Crippen molar-refractivity contribution < 1.29 is 19.5 Å². The fourth-order valence-corrected chi connectivity index (χ4v) is 5.46. The Bertz CT molecular complexity index is 1830. The lowest BCUT2D eigenvalue weighted by atomic mass is 9.98. The van der Waals surface area contributed by atoms with Crippen LogP contribution in [0.25, 0.3) is 27.3 Å². The zero-order valence-corrected chi connectivity index (χ0v) is 21.0. The largest absolute Gasteiger partial charge is 0.507 e. The molecule has 0 radical (unpaired) electrons. The molecule has 4 aromatic rings. The molecule has 1 N–H and O–H groups in total. The summed E-state index contributed by atoms with van der Waals surface area (Å²) in [5.41, 5.74) is 3.36. The average Bonchev–Trinajstić information content (AvgIpc) is 3.41. The lowest BCUT2D eigenvalue weighted by Gasteiger charge is -2.04. The quantitative estimate of drug-likeness (QED) is 0.166. The van der Waals surface area contributed by atoms with Crippen LogP contribution in [-0.4, -0.2) is 23.0 Å². The third-order valence-corrected chi connectivity index (χ3v) is 7.66. The Balaban J connectivity index is 1.29. The van der Waals surface area contributed by atoms with Crippen LogP contribution >= 0.6 is 11.6 Å². The second-order valence-corrected chi connectivity index (χ2v) is 9.83. The van der Waals surface area contributed by atoms with E-state index in [9.17, 15) is 19.5 Å². The van der Waals surface area contributed by atoms with Crippen LogP contribution < -0.4 is 0 Å². The van der Waals surface area contributed by atoms with Crippen LogP contribution in [0.4, 0.5) is 0 Å². The van der Waals surface area contributed by atoms with E-state index in [1.54, 1.807) is 30.4 Å².